The topological polar surface area (TPSA) is 68.0 Å². The molecule has 2 rings (SSSR count). The Balaban J connectivity index is 2.05. The Bertz CT molecular complexity index is 599. The average Bonchev–Trinajstić information content (AvgIpc) is 2.37. The highest BCUT2D eigenvalue weighted by molar-refractivity contribution is 5.92. The Labute approximate surface area is 108 Å². The summed E-state index contributed by atoms with van der Waals surface area (Å²) in [4.78, 5) is 15.6. The molecule has 0 atom stereocenters. The summed E-state index contributed by atoms with van der Waals surface area (Å²) in [6.07, 6.45) is 1.38. The van der Waals surface area contributed by atoms with Gasteiger partial charge in [-0.25, -0.2) is 8.78 Å². The van der Waals surface area contributed by atoms with Crippen molar-refractivity contribution in [3.05, 3.63) is 53.9 Å². The van der Waals surface area contributed by atoms with E-state index in [1.165, 1.54) is 6.20 Å². The maximum absolute atomic E-state index is 13.3. The lowest BCUT2D eigenvalue weighted by molar-refractivity contribution is -0.115. The Morgan fingerprint density at radius 2 is 2.05 bits per heavy atom. The molecule has 0 spiro atoms. The third-order valence-electron chi connectivity index (χ3n) is 2.39. The number of pyridine rings is 1. The quantitative estimate of drug-likeness (QED) is 0.891. The van der Waals surface area contributed by atoms with Gasteiger partial charge in [0.1, 0.15) is 11.6 Å². The van der Waals surface area contributed by atoms with Crippen LogP contribution >= 0.6 is 0 Å². The van der Waals surface area contributed by atoms with E-state index in [4.69, 9.17) is 5.73 Å². The van der Waals surface area contributed by atoms with Crippen molar-refractivity contribution >= 4 is 17.3 Å². The molecule has 0 fully saturated rings. The Morgan fingerprint density at radius 3 is 2.74 bits per heavy atom. The fourth-order valence-corrected chi connectivity index (χ4v) is 1.49. The first-order valence-electron chi connectivity index (χ1n) is 5.50. The number of hydrogen-bond donors (Lipinski definition) is 2. The standard InChI is InChI=1S/C13H11F2N3O/c14-8-1-4-11(15)12(5-8)18-13(19)6-10-3-2-9(16)7-17-10/h1-5,7H,6,16H2,(H,18,19). The number of benzene rings is 1. The fourth-order valence-electron chi connectivity index (χ4n) is 1.49. The molecule has 6 heteroatoms. The molecule has 0 radical (unpaired) electrons. The van der Waals surface area contributed by atoms with Crippen LogP contribution in [-0.4, -0.2) is 10.9 Å². The van der Waals surface area contributed by atoms with Crippen molar-refractivity contribution in [3.63, 3.8) is 0 Å². The number of nitrogens with zero attached hydrogens (tertiary/aromatic N) is 1. The summed E-state index contributed by atoms with van der Waals surface area (Å²) in [7, 11) is 0. The molecule has 2 aromatic rings. The number of halogens is 2. The maximum Gasteiger partial charge on any atom is 0.230 e. The van der Waals surface area contributed by atoms with Crippen LogP contribution in [0.4, 0.5) is 20.2 Å². The van der Waals surface area contributed by atoms with Crippen molar-refractivity contribution in [3.8, 4) is 0 Å². The molecule has 0 aliphatic rings. The van der Waals surface area contributed by atoms with E-state index < -0.39 is 17.5 Å². The van der Waals surface area contributed by atoms with Crippen LogP contribution in [-0.2, 0) is 11.2 Å². The van der Waals surface area contributed by atoms with E-state index in [2.05, 4.69) is 10.3 Å². The van der Waals surface area contributed by atoms with Crippen LogP contribution in [0.2, 0.25) is 0 Å². The molecule has 0 aliphatic heterocycles. The lowest BCUT2D eigenvalue weighted by Crippen LogP contribution is -2.16. The number of nitrogens with two attached hydrogens (primary N) is 1. The van der Waals surface area contributed by atoms with Gasteiger partial charge in [-0.15, -0.1) is 0 Å². The van der Waals surface area contributed by atoms with Gasteiger partial charge < -0.3 is 11.1 Å². The zero-order valence-electron chi connectivity index (χ0n) is 9.86. The Morgan fingerprint density at radius 1 is 1.26 bits per heavy atom. The molecular weight excluding hydrogens is 252 g/mol. The van der Waals surface area contributed by atoms with Gasteiger partial charge in [0.25, 0.3) is 0 Å². The molecule has 0 saturated heterocycles. The lowest BCUT2D eigenvalue weighted by Gasteiger charge is -2.06. The second-order valence-electron chi connectivity index (χ2n) is 3.93. The summed E-state index contributed by atoms with van der Waals surface area (Å²) in [6, 6.07) is 6.05. The van der Waals surface area contributed by atoms with Gasteiger partial charge in [0, 0.05) is 11.8 Å². The van der Waals surface area contributed by atoms with Crippen molar-refractivity contribution in [2.75, 3.05) is 11.1 Å². The molecule has 1 aromatic carbocycles. The normalized spacial score (nSPS) is 10.2. The summed E-state index contributed by atoms with van der Waals surface area (Å²) in [5.74, 6) is -1.80. The SMILES string of the molecule is Nc1ccc(CC(=O)Nc2cc(F)ccc2F)nc1. The summed E-state index contributed by atoms with van der Waals surface area (Å²) in [6.45, 7) is 0. The van der Waals surface area contributed by atoms with E-state index in [1.807, 2.05) is 0 Å². The zero-order valence-corrected chi connectivity index (χ0v) is 9.86. The monoisotopic (exact) mass is 263 g/mol. The van der Waals surface area contributed by atoms with Crippen LogP contribution in [0, 0.1) is 11.6 Å². The molecule has 3 N–H and O–H groups in total. The number of aromatic nitrogens is 1. The molecule has 0 aliphatic carbocycles. The smallest absolute Gasteiger partial charge is 0.230 e. The van der Waals surface area contributed by atoms with Crippen molar-refractivity contribution in [2.24, 2.45) is 0 Å². The van der Waals surface area contributed by atoms with Crippen molar-refractivity contribution in [2.45, 2.75) is 6.42 Å². The molecule has 19 heavy (non-hydrogen) atoms. The fraction of sp³-hybridized carbons (Fsp3) is 0.0769. The first-order valence-corrected chi connectivity index (χ1v) is 5.50. The minimum absolute atomic E-state index is 0.0454. The highest BCUT2D eigenvalue weighted by atomic mass is 19.1. The number of carbonyl (C=O) groups is 1. The summed E-state index contributed by atoms with van der Waals surface area (Å²) in [5.41, 5.74) is 6.24. The highest BCUT2D eigenvalue weighted by Crippen LogP contribution is 2.15. The molecule has 4 nitrogen and oxygen atoms in total. The summed E-state index contributed by atoms with van der Waals surface area (Å²) >= 11 is 0. The maximum atomic E-state index is 13.3. The minimum Gasteiger partial charge on any atom is -0.397 e. The van der Waals surface area contributed by atoms with Gasteiger partial charge in [-0.1, -0.05) is 0 Å². The molecule has 1 aromatic heterocycles. The predicted octanol–water partition coefficient (Wildman–Crippen LogP) is 2.12. The first-order chi connectivity index (χ1) is 9.04. The van der Waals surface area contributed by atoms with E-state index in [0.29, 0.717) is 11.4 Å². The van der Waals surface area contributed by atoms with Crippen LogP contribution in [0.25, 0.3) is 0 Å². The molecular formula is C13H11F2N3O. The lowest BCUT2D eigenvalue weighted by atomic mass is 10.2. The number of nitrogens with one attached hydrogen (secondary N) is 1. The van der Waals surface area contributed by atoms with Crippen LogP contribution in [0.3, 0.4) is 0 Å². The van der Waals surface area contributed by atoms with Crippen molar-refractivity contribution in [1.29, 1.82) is 0 Å². The van der Waals surface area contributed by atoms with Crippen molar-refractivity contribution < 1.29 is 13.6 Å². The third kappa shape index (κ3) is 3.48. The van der Waals surface area contributed by atoms with Crippen LogP contribution in [0.1, 0.15) is 5.69 Å². The zero-order chi connectivity index (χ0) is 13.8. The van der Waals surface area contributed by atoms with Gasteiger partial charge in [0.15, 0.2) is 0 Å². The average molecular weight is 263 g/mol. The largest absolute Gasteiger partial charge is 0.397 e. The molecule has 0 unspecified atom stereocenters. The van der Waals surface area contributed by atoms with E-state index >= 15 is 0 Å². The van der Waals surface area contributed by atoms with E-state index in [1.54, 1.807) is 12.1 Å². The molecule has 0 saturated carbocycles. The van der Waals surface area contributed by atoms with Gasteiger partial charge >= 0.3 is 0 Å². The Kier molecular flexibility index (Phi) is 3.70. The number of anilines is 2. The number of nitrogen functional groups attached to an aromatic ring is 1. The van der Waals surface area contributed by atoms with Crippen LogP contribution < -0.4 is 11.1 Å². The number of rotatable bonds is 3. The van der Waals surface area contributed by atoms with Gasteiger partial charge in [0.05, 0.1) is 24.0 Å². The Hall–Kier alpha value is -2.50. The molecule has 1 amide bonds. The summed E-state index contributed by atoms with van der Waals surface area (Å²) in [5, 5.41) is 2.29. The predicted molar refractivity (Wildman–Crippen MR) is 67.3 cm³/mol. The van der Waals surface area contributed by atoms with Gasteiger partial charge in [-0.3, -0.25) is 9.78 Å². The van der Waals surface area contributed by atoms with Gasteiger partial charge in [-0.2, -0.15) is 0 Å². The summed E-state index contributed by atoms with van der Waals surface area (Å²) < 4.78 is 26.2. The highest BCUT2D eigenvalue weighted by Gasteiger charge is 2.09. The number of carbonyl (C=O) groups excluding carboxylic acids is 1. The second-order valence-corrected chi connectivity index (χ2v) is 3.93. The van der Waals surface area contributed by atoms with Crippen LogP contribution in [0.5, 0.6) is 0 Å². The van der Waals surface area contributed by atoms with Gasteiger partial charge in [-0.05, 0) is 24.3 Å². The van der Waals surface area contributed by atoms with Gasteiger partial charge in [0.2, 0.25) is 5.91 Å². The first kappa shape index (κ1) is 12.9. The van der Waals surface area contributed by atoms with E-state index in [0.717, 1.165) is 18.2 Å². The third-order valence-corrected chi connectivity index (χ3v) is 2.39. The minimum atomic E-state index is -0.694. The van der Waals surface area contributed by atoms with Crippen molar-refractivity contribution in [1.82, 2.24) is 4.98 Å². The number of hydrogen-bond acceptors (Lipinski definition) is 3. The second kappa shape index (κ2) is 5.43. The number of amides is 1. The van der Waals surface area contributed by atoms with Crippen LogP contribution in [0.15, 0.2) is 36.5 Å². The molecule has 0 bridgehead atoms. The van der Waals surface area contributed by atoms with E-state index in [-0.39, 0.29) is 12.1 Å². The molecule has 98 valence electrons. The van der Waals surface area contributed by atoms with E-state index in [9.17, 15) is 13.6 Å². The molecule has 1 heterocycles.